The van der Waals surface area contributed by atoms with Crippen LogP contribution in [0, 0.1) is 6.92 Å². The van der Waals surface area contributed by atoms with Crippen LogP contribution in [0.4, 0.5) is 0 Å². The van der Waals surface area contributed by atoms with E-state index >= 15 is 0 Å². The van der Waals surface area contributed by atoms with Crippen LogP contribution in [-0.4, -0.2) is 101 Å². The Morgan fingerprint density at radius 3 is 2.52 bits per heavy atom. The predicted molar refractivity (Wildman–Crippen MR) is 182 cm³/mol. The number of hydrogen-bond donors (Lipinski definition) is 5. The molecule has 1 unspecified atom stereocenters. The standard InChI is InChI=1S/C32H46N4O5S2.CH2O2/c1-23-19-24(21-42-23)30(39)36-17-18-41-32(22-36)11-15-35(16-12-32)14-8-6-4-2-3-5-7-13-33-20-27(38)25-9-10-26(37)28-29(25)43-31(40)34-28;2-1-3/h9-10,19,21,27,33,37-38H,2-8,11-18,20,22H2,1H3,(H,34,40);1H,(H,2,3). The molecular weight excluding hydrogens is 629 g/mol. The van der Waals surface area contributed by atoms with Gasteiger partial charge in [0.2, 0.25) is 0 Å². The predicted octanol–water partition coefficient (Wildman–Crippen LogP) is 4.73. The maximum Gasteiger partial charge on any atom is 0.305 e. The highest BCUT2D eigenvalue weighted by molar-refractivity contribution is 7.16. The lowest BCUT2D eigenvalue weighted by Crippen LogP contribution is -2.58. The van der Waals surface area contributed by atoms with Crippen molar-refractivity contribution in [2.24, 2.45) is 0 Å². The van der Waals surface area contributed by atoms with Gasteiger partial charge in [-0.05, 0) is 57.8 Å². The highest BCUT2D eigenvalue weighted by atomic mass is 32.1. The average Bonchev–Trinajstić information content (AvgIpc) is 3.66. The first-order valence-electron chi connectivity index (χ1n) is 16.3. The van der Waals surface area contributed by atoms with Crippen LogP contribution in [0.1, 0.15) is 84.7 Å². The second-order valence-corrected chi connectivity index (χ2v) is 14.3. The summed E-state index contributed by atoms with van der Waals surface area (Å²) in [4.78, 5) is 41.2. The van der Waals surface area contributed by atoms with Crippen molar-refractivity contribution in [2.45, 2.75) is 76.4 Å². The van der Waals surface area contributed by atoms with E-state index in [0.717, 1.165) is 62.3 Å². The number of thiophene rings is 1. The topological polar surface area (TPSA) is 155 Å². The van der Waals surface area contributed by atoms with E-state index in [1.54, 1.807) is 17.4 Å². The Morgan fingerprint density at radius 1 is 1.13 bits per heavy atom. The van der Waals surface area contributed by atoms with Crippen molar-refractivity contribution in [3.8, 4) is 5.75 Å². The number of aromatic nitrogens is 1. The minimum absolute atomic E-state index is 0.0263. The largest absolute Gasteiger partial charge is 0.506 e. The van der Waals surface area contributed by atoms with Crippen LogP contribution in [-0.2, 0) is 9.53 Å². The van der Waals surface area contributed by atoms with Gasteiger partial charge in [-0.15, -0.1) is 11.3 Å². The summed E-state index contributed by atoms with van der Waals surface area (Å²) in [6.07, 6.45) is 9.75. The molecule has 11 nitrogen and oxygen atoms in total. The summed E-state index contributed by atoms with van der Waals surface area (Å²) in [6.45, 7) is 8.33. The van der Waals surface area contributed by atoms with Crippen molar-refractivity contribution < 1.29 is 29.6 Å². The molecule has 46 heavy (non-hydrogen) atoms. The van der Waals surface area contributed by atoms with Gasteiger partial charge in [-0.2, -0.15) is 0 Å². The normalized spacial score (nSPS) is 17.1. The van der Waals surface area contributed by atoms with Crippen LogP contribution in [0.2, 0.25) is 0 Å². The smallest absolute Gasteiger partial charge is 0.305 e. The first kappa shape index (κ1) is 36.0. The van der Waals surface area contributed by atoms with Gasteiger partial charge in [0.25, 0.3) is 12.4 Å². The number of aromatic hydroxyl groups is 1. The van der Waals surface area contributed by atoms with E-state index in [4.69, 9.17) is 14.6 Å². The number of phenols is 1. The number of fused-ring (bicyclic) bond motifs is 1. The zero-order valence-electron chi connectivity index (χ0n) is 26.7. The molecule has 13 heteroatoms. The summed E-state index contributed by atoms with van der Waals surface area (Å²) >= 11 is 2.65. The first-order valence-corrected chi connectivity index (χ1v) is 18.0. The molecule has 1 atom stereocenters. The van der Waals surface area contributed by atoms with Gasteiger partial charge >= 0.3 is 4.87 Å². The maximum atomic E-state index is 13.0. The monoisotopic (exact) mass is 676 g/mol. The van der Waals surface area contributed by atoms with E-state index in [9.17, 15) is 19.8 Å². The third-order valence-electron chi connectivity index (χ3n) is 8.89. The Morgan fingerprint density at radius 2 is 1.83 bits per heavy atom. The second-order valence-electron chi connectivity index (χ2n) is 12.2. The second kappa shape index (κ2) is 17.9. The lowest BCUT2D eigenvalue weighted by atomic mass is 9.89. The number of H-pyrrole nitrogens is 1. The number of morpholine rings is 1. The van der Waals surface area contributed by atoms with Gasteiger partial charge in [-0.25, -0.2) is 0 Å². The minimum Gasteiger partial charge on any atom is -0.506 e. The van der Waals surface area contributed by atoms with E-state index in [1.807, 2.05) is 23.3 Å². The SMILES string of the molecule is Cc1cc(C(=O)N2CCOC3(CCN(CCCCCCCCCNCC(O)c4ccc(O)c5[nH]c(=O)sc45)CC3)C2)cs1.O=CO. The van der Waals surface area contributed by atoms with Gasteiger partial charge in [0, 0.05) is 42.0 Å². The molecule has 3 aromatic rings. The third kappa shape index (κ3) is 10.1. The first-order chi connectivity index (χ1) is 22.2. The fourth-order valence-corrected chi connectivity index (χ4v) is 7.96. The molecular formula is C33H48N4O7S2. The zero-order valence-corrected chi connectivity index (χ0v) is 28.3. The number of benzene rings is 1. The molecule has 254 valence electrons. The van der Waals surface area contributed by atoms with Crippen LogP contribution < -0.4 is 10.2 Å². The number of carbonyl (C=O) groups excluding carboxylic acids is 1. The molecule has 1 spiro atoms. The van der Waals surface area contributed by atoms with Crippen LogP contribution >= 0.6 is 22.7 Å². The number of aryl methyl sites for hydroxylation is 1. The summed E-state index contributed by atoms with van der Waals surface area (Å²) in [5, 5.41) is 32.7. The number of aromatic amines is 1. The van der Waals surface area contributed by atoms with Crippen molar-refractivity contribution in [1.29, 1.82) is 0 Å². The van der Waals surface area contributed by atoms with E-state index < -0.39 is 6.10 Å². The molecule has 0 bridgehead atoms. The van der Waals surface area contributed by atoms with E-state index in [0.29, 0.717) is 42.0 Å². The number of phenolic OH excluding ortho intramolecular Hbond substituents is 1. The van der Waals surface area contributed by atoms with Crippen molar-refractivity contribution in [3.63, 3.8) is 0 Å². The molecule has 4 heterocycles. The number of rotatable bonds is 14. The van der Waals surface area contributed by atoms with Gasteiger partial charge in [-0.3, -0.25) is 14.4 Å². The van der Waals surface area contributed by atoms with Gasteiger partial charge in [0.05, 0.1) is 35.1 Å². The Balaban J connectivity index is 0.00000154. The lowest BCUT2D eigenvalue weighted by Gasteiger charge is -2.47. The van der Waals surface area contributed by atoms with E-state index in [-0.39, 0.29) is 28.6 Å². The summed E-state index contributed by atoms with van der Waals surface area (Å²) in [7, 11) is 0. The number of thiazole rings is 1. The van der Waals surface area contributed by atoms with Crippen LogP contribution in [0.5, 0.6) is 5.75 Å². The fraction of sp³-hybridized carbons (Fsp3) is 0.606. The van der Waals surface area contributed by atoms with Gasteiger partial charge in [0.15, 0.2) is 0 Å². The lowest BCUT2D eigenvalue weighted by molar-refractivity contribution is -0.127. The molecule has 2 saturated heterocycles. The number of hydrogen-bond acceptors (Lipinski definition) is 10. The van der Waals surface area contributed by atoms with Crippen molar-refractivity contribution in [1.82, 2.24) is 20.1 Å². The third-order valence-corrected chi connectivity index (χ3v) is 10.7. The average molecular weight is 677 g/mol. The van der Waals surface area contributed by atoms with Crippen molar-refractivity contribution in [2.75, 3.05) is 52.4 Å². The molecule has 2 aliphatic rings. The molecule has 5 rings (SSSR count). The number of nitrogens with one attached hydrogen (secondary N) is 2. The maximum absolute atomic E-state index is 13.0. The highest BCUT2D eigenvalue weighted by Gasteiger charge is 2.41. The number of aliphatic hydroxyl groups is 1. The molecule has 1 amide bonds. The van der Waals surface area contributed by atoms with Crippen LogP contribution in [0.25, 0.3) is 10.2 Å². The fourth-order valence-electron chi connectivity index (χ4n) is 6.36. The number of ether oxygens (including phenoxy) is 1. The quantitative estimate of drug-likeness (QED) is 0.120. The van der Waals surface area contributed by atoms with Crippen LogP contribution in [0.15, 0.2) is 28.4 Å². The van der Waals surface area contributed by atoms with Gasteiger partial charge in [0.1, 0.15) is 11.3 Å². The minimum atomic E-state index is -0.727. The molecule has 1 aromatic carbocycles. The molecule has 2 aromatic heterocycles. The molecule has 2 aliphatic heterocycles. The Kier molecular flexibility index (Phi) is 14.0. The Labute approximate surface area is 278 Å². The van der Waals surface area contributed by atoms with E-state index in [2.05, 4.69) is 15.2 Å². The van der Waals surface area contributed by atoms with Gasteiger partial charge < -0.3 is 40.2 Å². The summed E-state index contributed by atoms with van der Waals surface area (Å²) < 4.78 is 6.90. The number of unbranched alkanes of at least 4 members (excludes halogenated alkanes) is 6. The molecule has 0 radical (unpaired) electrons. The highest BCUT2D eigenvalue weighted by Crippen LogP contribution is 2.32. The number of carbonyl (C=O) groups is 2. The van der Waals surface area contributed by atoms with Crippen molar-refractivity contribution >= 4 is 45.3 Å². The summed E-state index contributed by atoms with van der Waals surface area (Å²) in [5.41, 5.74) is 1.70. The molecule has 2 fully saturated rings. The number of likely N-dealkylation sites (tertiary alicyclic amines) is 1. The Hall–Kier alpha value is -2.81. The molecule has 0 aliphatic carbocycles. The number of aliphatic hydroxyl groups excluding tert-OH is 1. The molecule has 0 saturated carbocycles. The Bertz CT molecular complexity index is 1450. The number of amides is 1. The van der Waals surface area contributed by atoms with Crippen molar-refractivity contribution in [3.05, 3.63) is 49.3 Å². The zero-order chi connectivity index (χ0) is 32.9. The number of carboxylic acid groups (broad SMARTS) is 1. The summed E-state index contributed by atoms with van der Waals surface area (Å²) in [5.74, 6) is 0.174. The summed E-state index contributed by atoms with van der Waals surface area (Å²) in [6, 6.07) is 5.20. The molecule has 5 N–H and O–H groups in total. The van der Waals surface area contributed by atoms with Crippen LogP contribution in [0.3, 0.4) is 0 Å². The van der Waals surface area contributed by atoms with E-state index in [1.165, 1.54) is 49.5 Å². The van der Waals surface area contributed by atoms with Gasteiger partial charge in [-0.1, -0.05) is 49.5 Å². The number of nitrogens with zero attached hydrogens (tertiary/aromatic N) is 2. The number of piperidine rings is 1.